The highest BCUT2D eigenvalue weighted by Crippen LogP contribution is 2.46. The van der Waals surface area contributed by atoms with Crippen LogP contribution in [-0.2, 0) is 0 Å². The van der Waals surface area contributed by atoms with E-state index < -0.39 is 5.66 Å². The lowest BCUT2D eigenvalue weighted by atomic mass is 9.70. The maximum Gasteiger partial charge on any atom is 0.509 e. The molecule has 32 heavy (non-hydrogen) atoms. The summed E-state index contributed by atoms with van der Waals surface area (Å²) in [5.74, 6) is 1.01. The number of hydrogen-bond acceptors (Lipinski definition) is 1. The number of aryl methyl sites for hydroxylation is 1. The van der Waals surface area contributed by atoms with Crippen LogP contribution in [0.5, 0.6) is 5.75 Å². The smallest absolute Gasteiger partial charge is 0.497 e. The van der Waals surface area contributed by atoms with Crippen LogP contribution in [0.15, 0.2) is 78.9 Å². The van der Waals surface area contributed by atoms with Crippen molar-refractivity contribution in [3.8, 4) is 5.75 Å². The van der Waals surface area contributed by atoms with E-state index in [1.807, 2.05) is 24.3 Å². The van der Waals surface area contributed by atoms with E-state index in [1.165, 1.54) is 11.1 Å². The van der Waals surface area contributed by atoms with Gasteiger partial charge in [-0.1, -0.05) is 66.3 Å². The zero-order valence-electron chi connectivity index (χ0n) is 18.9. The van der Waals surface area contributed by atoms with E-state index in [-0.39, 0.29) is 11.8 Å². The van der Waals surface area contributed by atoms with Crippen LogP contribution in [0.2, 0.25) is 0 Å². The highest BCUT2D eigenvalue weighted by Gasteiger charge is 2.51. The van der Waals surface area contributed by atoms with E-state index in [4.69, 9.17) is 17.9 Å². The molecular weight excluding hydrogens is 392 g/mol. The molecule has 162 valence electrons. The Bertz CT molecular complexity index is 1050. The first-order chi connectivity index (χ1) is 15.6. The minimum atomic E-state index is -1.19. The van der Waals surface area contributed by atoms with Crippen LogP contribution in [0.3, 0.4) is 0 Å². The van der Waals surface area contributed by atoms with Gasteiger partial charge in [-0.3, -0.25) is 0 Å². The molecule has 0 bridgehead atoms. The Morgan fingerprint density at radius 1 is 1.12 bits per heavy atom. The minimum absolute atomic E-state index is 0.0805. The Balaban J connectivity index is 2.05. The molecule has 0 saturated heterocycles. The number of ether oxygens (including phenoxy) is 1. The average Bonchev–Trinajstić information content (AvgIpc) is 2.84. The lowest BCUT2D eigenvalue weighted by molar-refractivity contribution is 0.415. The van der Waals surface area contributed by atoms with E-state index in [0.29, 0.717) is 6.42 Å². The third-order valence-corrected chi connectivity index (χ3v) is 6.25. The summed E-state index contributed by atoms with van der Waals surface area (Å²) in [4.78, 5) is 7.70. The predicted molar refractivity (Wildman–Crippen MR) is 132 cm³/mol. The van der Waals surface area contributed by atoms with Crippen molar-refractivity contribution in [3.05, 3.63) is 118 Å². The average molecular weight is 423 g/mol. The summed E-state index contributed by atoms with van der Waals surface area (Å²) >= 11 is 0. The number of methoxy groups -OCH3 is 1. The molecule has 2 aromatic carbocycles. The lowest BCUT2D eigenvalue weighted by Gasteiger charge is -2.31. The first kappa shape index (κ1) is 23.1. The largest absolute Gasteiger partial charge is 0.509 e. The zero-order chi connectivity index (χ0) is 23.0. The highest BCUT2D eigenvalue weighted by molar-refractivity contribution is 5.53. The van der Waals surface area contributed by atoms with Gasteiger partial charge in [-0.05, 0) is 49.4 Å². The molecule has 2 aromatic rings. The van der Waals surface area contributed by atoms with Crippen LogP contribution in [0.4, 0.5) is 0 Å². The fraction of sp³-hybridized carbons (Fsp3) is 0.310. The van der Waals surface area contributed by atoms with E-state index in [9.17, 15) is 0 Å². The van der Waals surface area contributed by atoms with Crippen molar-refractivity contribution in [3.63, 3.8) is 0 Å². The van der Waals surface area contributed by atoms with Gasteiger partial charge in [-0.15, -0.1) is 6.58 Å². The number of benzene rings is 2. The summed E-state index contributed by atoms with van der Waals surface area (Å²) in [5.41, 5.74) is 3.29. The van der Waals surface area contributed by atoms with Gasteiger partial charge < -0.3 is 4.74 Å². The monoisotopic (exact) mass is 422 g/mol. The second-order valence-corrected chi connectivity index (χ2v) is 8.30. The van der Waals surface area contributed by atoms with Gasteiger partial charge in [0.1, 0.15) is 17.7 Å². The third-order valence-electron chi connectivity index (χ3n) is 6.25. The molecule has 0 radical (unpaired) electrons. The SMILES string of the molecule is [C-]#[N+]C(CC=C)([N+]#[C-])C1=CCCC[C@H]1[C@@H](/C=C/c1ccc(OC)cc1)c1ccc(C)cc1. The van der Waals surface area contributed by atoms with Crippen molar-refractivity contribution in [2.75, 3.05) is 7.11 Å². The Morgan fingerprint density at radius 2 is 1.81 bits per heavy atom. The van der Waals surface area contributed by atoms with Crippen molar-refractivity contribution < 1.29 is 4.74 Å². The Labute approximate surface area is 192 Å². The van der Waals surface area contributed by atoms with E-state index in [2.05, 4.69) is 65.7 Å². The van der Waals surface area contributed by atoms with E-state index >= 15 is 0 Å². The van der Waals surface area contributed by atoms with Crippen LogP contribution in [0.25, 0.3) is 15.8 Å². The topological polar surface area (TPSA) is 18.0 Å². The van der Waals surface area contributed by atoms with Gasteiger partial charge in [-0.2, -0.15) is 0 Å². The molecule has 3 nitrogen and oxygen atoms in total. The van der Waals surface area contributed by atoms with Crippen molar-refractivity contribution in [1.82, 2.24) is 0 Å². The molecule has 0 spiro atoms. The van der Waals surface area contributed by atoms with Gasteiger partial charge in [0.15, 0.2) is 0 Å². The number of allylic oxidation sites excluding steroid dienone is 2. The second-order valence-electron chi connectivity index (χ2n) is 8.30. The molecule has 1 aliphatic rings. The fourth-order valence-corrected chi connectivity index (χ4v) is 4.50. The van der Waals surface area contributed by atoms with Crippen LogP contribution in [0.1, 0.15) is 48.3 Å². The normalized spacial score (nSPS) is 17.1. The van der Waals surface area contributed by atoms with Crippen molar-refractivity contribution in [1.29, 1.82) is 0 Å². The molecule has 0 unspecified atom stereocenters. The van der Waals surface area contributed by atoms with E-state index in [1.54, 1.807) is 13.2 Å². The molecule has 1 aliphatic carbocycles. The number of hydrogen-bond donors (Lipinski definition) is 0. The predicted octanol–water partition coefficient (Wildman–Crippen LogP) is 7.64. The lowest BCUT2D eigenvalue weighted by Crippen LogP contribution is -2.31. The summed E-state index contributed by atoms with van der Waals surface area (Å²) < 4.78 is 5.27. The summed E-state index contributed by atoms with van der Waals surface area (Å²) in [7, 11) is 1.67. The van der Waals surface area contributed by atoms with Gasteiger partial charge in [0.05, 0.1) is 7.11 Å². The summed E-state index contributed by atoms with van der Waals surface area (Å²) in [6.07, 6.45) is 11.5. The molecular formula is C29H30N2O. The zero-order valence-corrected chi connectivity index (χ0v) is 18.9. The summed E-state index contributed by atoms with van der Waals surface area (Å²) in [6.45, 7) is 21.7. The van der Waals surface area contributed by atoms with Crippen LogP contribution in [-0.4, -0.2) is 12.8 Å². The van der Waals surface area contributed by atoms with Crippen molar-refractivity contribution >= 4 is 6.08 Å². The Kier molecular flexibility index (Phi) is 7.69. The maximum atomic E-state index is 7.88. The standard InChI is InChI=1S/C29H30N2O/c1-6-21-29(30-3,31-4)28-10-8-7-9-27(28)26(24-16-11-22(2)12-17-24)20-15-23-13-18-25(32-5)19-14-23/h6,10-20,26-27H,1,7-9,21H2,2,5H3/b20-15+/t26-,27-/m0/s1. The molecule has 0 heterocycles. The number of nitrogens with zero attached hydrogens (tertiary/aromatic N) is 2. The van der Waals surface area contributed by atoms with Gasteiger partial charge in [-0.25, -0.2) is 22.8 Å². The molecule has 0 fully saturated rings. The van der Waals surface area contributed by atoms with E-state index in [0.717, 1.165) is 36.1 Å². The van der Waals surface area contributed by atoms with Crippen LogP contribution in [0, 0.1) is 26.0 Å². The van der Waals surface area contributed by atoms with Crippen LogP contribution >= 0.6 is 0 Å². The molecule has 3 rings (SSSR count). The molecule has 0 aromatic heterocycles. The van der Waals surface area contributed by atoms with Crippen molar-refractivity contribution in [2.45, 2.75) is 44.2 Å². The molecule has 2 atom stereocenters. The maximum absolute atomic E-state index is 7.88. The molecule has 0 N–H and O–H groups in total. The second kappa shape index (κ2) is 10.7. The third kappa shape index (κ3) is 5.01. The quantitative estimate of drug-likeness (QED) is 0.316. The van der Waals surface area contributed by atoms with Crippen LogP contribution < -0.4 is 4.74 Å². The molecule has 0 amide bonds. The Morgan fingerprint density at radius 3 is 2.41 bits per heavy atom. The molecule has 0 saturated carbocycles. The summed E-state index contributed by atoms with van der Waals surface area (Å²) in [6, 6.07) is 16.6. The fourth-order valence-electron chi connectivity index (χ4n) is 4.50. The van der Waals surface area contributed by atoms with Gasteiger partial charge in [0.2, 0.25) is 0 Å². The Hall–Kier alpha value is -3.56. The molecule has 0 aliphatic heterocycles. The van der Waals surface area contributed by atoms with Gasteiger partial charge in [0.25, 0.3) is 0 Å². The molecule has 3 heteroatoms. The van der Waals surface area contributed by atoms with Gasteiger partial charge in [0, 0.05) is 11.8 Å². The first-order valence-corrected chi connectivity index (χ1v) is 11.0. The first-order valence-electron chi connectivity index (χ1n) is 11.0. The van der Waals surface area contributed by atoms with Crippen molar-refractivity contribution in [2.24, 2.45) is 5.92 Å². The summed E-state index contributed by atoms with van der Waals surface area (Å²) in [5, 5.41) is 0. The highest BCUT2D eigenvalue weighted by atomic mass is 16.5. The number of rotatable bonds is 8. The minimum Gasteiger partial charge on any atom is -0.497 e. The van der Waals surface area contributed by atoms with Gasteiger partial charge >= 0.3 is 5.66 Å².